The average molecular weight is 211 g/mol. The van der Waals surface area contributed by atoms with E-state index in [4.69, 9.17) is 9.88 Å². The number of rotatable bonds is 2. The molecule has 3 heteroatoms. The first kappa shape index (κ1) is 10.1. The summed E-state index contributed by atoms with van der Waals surface area (Å²) < 4.78 is 5.71. The van der Waals surface area contributed by atoms with Gasteiger partial charge in [-0.2, -0.15) is 0 Å². The van der Waals surface area contributed by atoms with Crippen LogP contribution in [0.25, 0.3) is 0 Å². The van der Waals surface area contributed by atoms with Crippen LogP contribution in [0.1, 0.15) is 19.8 Å². The van der Waals surface area contributed by atoms with Crippen LogP contribution in [0.2, 0.25) is 0 Å². The molecule has 2 atom stereocenters. The second-order valence-electron chi connectivity index (χ2n) is 4.03. The Morgan fingerprint density at radius 1 is 1.50 bits per heavy atom. The van der Waals surface area contributed by atoms with Crippen molar-refractivity contribution in [3.63, 3.8) is 0 Å². The molecule has 2 aliphatic rings. The normalized spacial score (nSPS) is 31.3. The predicted octanol–water partition coefficient (Wildman–Crippen LogP) is 2.48. The van der Waals surface area contributed by atoms with Gasteiger partial charge in [0.1, 0.15) is 5.76 Å². The molecule has 0 radical (unpaired) electrons. The van der Waals surface area contributed by atoms with Gasteiger partial charge in [-0.3, -0.25) is 5.14 Å². The molecule has 0 aromatic carbocycles. The van der Waals surface area contributed by atoms with Crippen molar-refractivity contribution in [3.8, 4) is 0 Å². The second kappa shape index (κ2) is 4.41. The van der Waals surface area contributed by atoms with Gasteiger partial charge in [-0.15, -0.1) is 0 Å². The van der Waals surface area contributed by atoms with Gasteiger partial charge in [0.05, 0.1) is 6.61 Å². The molecule has 0 saturated carbocycles. The molecule has 0 aromatic rings. The molecule has 0 bridgehead atoms. The van der Waals surface area contributed by atoms with Crippen LogP contribution in [-0.4, -0.2) is 12.4 Å². The molecular weight excluding hydrogens is 194 g/mol. The summed E-state index contributed by atoms with van der Waals surface area (Å²) in [5.41, 5.74) is 1.40. The van der Waals surface area contributed by atoms with Crippen LogP contribution in [0.3, 0.4) is 0 Å². The van der Waals surface area contributed by atoms with E-state index in [2.05, 4.69) is 19.1 Å². The highest BCUT2D eigenvalue weighted by Crippen LogP contribution is 2.37. The Balaban J connectivity index is 2.18. The summed E-state index contributed by atoms with van der Waals surface area (Å²) in [6.07, 6.45) is 6.82. The van der Waals surface area contributed by atoms with Gasteiger partial charge < -0.3 is 4.74 Å². The molecule has 0 aromatic heterocycles. The van der Waals surface area contributed by atoms with E-state index in [1.54, 1.807) is 0 Å². The van der Waals surface area contributed by atoms with Crippen molar-refractivity contribution in [3.05, 3.63) is 23.5 Å². The van der Waals surface area contributed by atoms with Gasteiger partial charge in [-0.1, -0.05) is 24.9 Å². The molecule has 1 aliphatic carbocycles. The molecular formula is C11H17NOS. The van der Waals surface area contributed by atoms with Crippen molar-refractivity contribution in [2.24, 2.45) is 17.0 Å². The van der Waals surface area contributed by atoms with Crippen molar-refractivity contribution in [1.29, 1.82) is 0 Å². The third-order valence-electron chi connectivity index (χ3n) is 3.01. The lowest BCUT2D eigenvalue weighted by atomic mass is 9.83. The summed E-state index contributed by atoms with van der Waals surface area (Å²) in [5, 5.41) is 5.57. The Hall–Kier alpha value is -0.410. The Bertz CT molecular complexity index is 272. The minimum absolute atomic E-state index is 0.588. The van der Waals surface area contributed by atoms with Crippen LogP contribution in [0.5, 0.6) is 0 Å². The Morgan fingerprint density at radius 3 is 3.07 bits per heavy atom. The van der Waals surface area contributed by atoms with E-state index < -0.39 is 0 Å². The van der Waals surface area contributed by atoms with E-state index >= 15 is 0 Å². The lowest BCUT2D eigenvalue weighted by molar-refractivity contribution is 0.122. The van der Waals surface area contributed by atoms with E-state index in [1.807, 2.05) is 0 Å². The maximum atomic E-state index is 5.71. The minimum Gasteiger partial charge on any atom is -0.493 e. The van der Waals surface area contributed by atoms with Gasteiger partial charge >= 0.3 is 0 Å². The topological polar surface area (TPSA) is 35.2 Å². The Morgan fingerprint density at radius 2 is 2.29 bits per heavy atom. The average Bonchev–Trinajstić information content (AvgIpc) is 2.23. The Labute approximate surface area is 89.7 Å². The van der Waals surface area contributed by atoms with Crippen molar-refractivity contribution < 1.29 is 4.74 Å². The first-order valence-electron chi connectivity index (χ1n) is 5.18. The van der Waals surface area contributed by atoms with Gasteiger partial charge in [-0.05, 0) is 30.4 Å². The summed E-state index contributed by atoms with van der Waals surface area (Å²) in [4.78, 5) is 0. The van der Waals surface area contributed by atoms with Gasteiger partial charge in [-0.25, -0.2) is 0 Å². The number of ether oxygens (including phenoxy) is 1. The zero-order valence-corrected chi connectivity index (χ0v) is 9.35. The third-order valence-corrected chi connectivity index (χ3v) is 3.56. The lowest BCUT2D eigenvalue weighted by Crippen LogP contribution is -2.29. The highest BCUT2D eigenvalue weighted by molar-refractivity contribution is 7.97. The van der Waals surface area contributed by atoms with E-state index in [9.17, 15) is 0 Å². The first-order chi connectivity index (χ1) is 6.83. The van der Waals surface area contributed by atoms with E-state index in [0.717, 1.165) is 31.0 Å². The fraction of sp³-hybridized carbons (Fsp3) is 0.636. The molecule has 1 saturated heterocycles. The SMILES string of the molecule is CC1COC2=CCCC=C2C1CSN. The number of allylic oxidation sites excluding steroid dienone is 3. The van der Waals surface area contributed by atoms with Crippen molar-refractivity contribution in [2.75, 3.05) is 12.4 Å². The highest BCUT2D eigenvalue weighted by Gasteiger charge is 2.30. The predicted molar refractivity (Wildman–Crippen MR) is 60.7 cm³/mol. The molecule has 1 heterocycles. The van der Waals surface area contributed by atoms with Crippen LogP contribution >= 0.6 is 11.9 Å². The fourth-order valence-corrected chi connectivity index (χ4v) is 2.87. The number of nitrogens with two attached hydrogens (primary N) is 1. The second-order valence-corrected chi connectivity index (χ2v) is 4.70. The van der Waals surface area contributed by atoms with Gasteiger partial charge in [0.25, 0.3) is 0 Å². The number of fused-ring (bicyclic) bond motifs is 1. The molecule has 2 nitrogen and oxygen atoms in total. The van der Waals surface area contributed by atoms with Gasteiger partial charge in [0, 0.05) is 11.7 Å². The standard InChI is InChI=1S/C11H17NOS/c1-8-6-13-11-5-3-2-4-9(11)10(8)7-14-12/h4-5,8,10H,2-3,6-7,12H2,1H3. The summed E-state index contributed by atoms with van der Waals surface area (Å²) in [6.45, 7) is 3.08. The largest absolute Gasteiger partial charge is 0.493 e. The maximum absolute atomic E-state index is 5.71. The minimum atomic E-state index is 0.588. The summed E-state index contributed by atoms with van der Waals surface area (Å²) >= 11 is 1.44. The molecule has 0 spiro atoms. The number of hydrogen-bond donors (Lipinski definition) is 1. The molecule has 1 fully saturated rings. The molecule has 0 amide bonds. The zero-order valence-electron chi connectivity index (χ0n) is 8.53. The summed E-state index contributed by atoms with van der Waals surface area (Å²) in [6, 6.07) is 0. The highest BCUT2D eigenvalue weighted by atomic mass is 32.2. The Kier molecular flexibility index (Phi) is 3.19. The van der Waals surface area contributed by atoms with E-state index in [-0.39, 0.29) is 0 Å². The molecule has 2 unspecified atom stereocenters. The smallest absolute Gasteiger partial charge is 0.118 e. The van der Waals surface area contributed by atoms with Crippen LogP contribution in [-0.2, 0) is 4.74 Å². The zero-order chi connectivity index (χ0) is 9.97. The number of hydrogen-bond acceptors (Lipinski definition) is 3. The van der Waals surface area contributed by atoms with Crippen LogP contribution < -0.4 is 5.14 Å². The van der Waals surface area contributed by atoms with Crippen LogP contribution in [0.15, 0.2) is 23.5 Å². The molecule has 78 valence electrons. The summed E-state index contributed by atoms with van der Waals surface area (Å²) in [5.74, 6) is 3.31. The first-order valence-corrected chi connectivity index (χ1v) is 6.23. The maximum Gasteiger partial charge on any atom is 0.118 e. The molecule has 1 aliphatic heterocycles. The summed E-state index contributed by atoms with van der Waals surface area (Å²) in [7, 11) is 0. The van der Waals surface area contributed by atoms with Gasteiger partial charge in [0.2, 0.25) is 0 Å². The van der Waals surface area contributed by atoms with Gasteiger partial charge in [0.15, 0.2) is 0 Å². The van der Waals surface area contributed by atoms with Crippen molar-refractivity contribution >= 4 is 11.9 Å². The monoisotopic (exact) mass is 211 g/mol. The quantitative estimate of drug-likeness (QED) is 0.713. The fourth-order valence-electron chi connectivity index (χ4n) is 2.15. The van der Waals surface area contributed by atoms with E-state index in [1.165, 1.54) is 17.5 Å². The van der Waals surface area contributed by atoms with Crippen LogP contribution in [0.4, 0.5) is 0 Å². The lowest BCUT2D eigenvalue weighted by Gasteiger charge is -2.34. The van der Waals surface area contributed by atoms with Crippen molar-refractivity contribution in [1.82, 2.24) is 0 Å². The van der Waals surface area contributed by atoms with Crippen LogP contribution in [0, 0.1) is 11.8 Å². The van der Waals surface area contributed by atoms with E-state index in [0.29, 0.717) is 11.8 Å². The third kappa shape index (κ3) is 1.84. The molecule has 14 heavy (non-hydrogen) atoms. The molecule has 2 rings (SSSR count). The van der Waals surface area contributed by atoms with Crippen molar-refractivity contribution in [2.45, 2.75) is 19.8 Å². The molecule has 2 N–H and O–H groups in total.